The van der Waals surface area contributed by atoms with Crippen LogP contribution in [0.5, 0.6) is 5.75 Å². The van der Waals surface area contributed by atoms with Crippen LogP contribution >= 0.6 is 11.3 Å². The van der Waals surface area contributed by atoms with E-state index in [-0.39, 0.29) is 51.7 Å². The van der Waals surface area contributed by atoms with Crippen molar-refractivity contribution in [2.45, 2.75) is 42.0 Å². The monoisotopic (exact) mass is 607 g/mol. The van der Waals surface area contributed by atoms with Gasteiger partial charge in [-0.2, -0.15) is 4.31 Å². The van der Waals surface area contributed by atoms with Crippen molar-refractivity contribution >= 4 is 43.0 Å². The minimum atomic E-state index is -4.04. The first kappa shape index (κ1) is 30.0. The highest BCUT2D eigenvalue weighted by Gasteiger charge is 2.36. The lowest BCUT2D eigenvalue weighted by Crippen LogP contribution is -2.50. The zero-order chi connectivity index (χ0) is 29.2. The van der Waals surface area contributed by atoms with Crippen molar-refractivity contribution in [3.05, 3.63) is 71.1 Å². The number of carbonyl (C=O) groups excluding carboxylic acids is 1. The molecule has 2 heterocycles. The van der Waals surface area contributed by atoms with E-state index in [9.17, 15) is 26.7 Å². The lowest BCUT2D eigenvalue weighted by atomic mass is 9.99. The molecule has 216 valence electrons. The van der Waals surface area contributed by atoms with Crippen LogP contribution in [0.15, 0.2) is 69.1 Å². The minimum absolute atomic E-state index is 0.00296. The van der Waals surface area contributed by atoms with Gasteiger partial charge in [-0.25, -0.2) is 16.8 Å². The standard InChI is InChI=1S/C27H33N3O7S3/c1-18-10-12-21(13-11-18)39(33,34)28-23-8-5-7-22-26(23)37-24(19(2)15-30(27(22)32)20(3)17-31)16-29(4)40(35,36)25-9-6-14-38-25/h5-14,19-20,24,28,31H,15-17H2,1-4H3/t19-,20-,24-/m1/s1. The topological polar surface area (TPSA) is 133 Å². The molecule has 1 amide bonds. The van der Waals surface area contributed by atoms with Crippen LogP contribution in [0.4, 0.5) is 5.69 Å². The van der Waals surface area contributed by atoms with Crippen LogP contribution in [0.3, 0.4) is 0 Å². The fourth-order valence-electron chi connectivity index (χ4n) is 4.38. The van der Waals surface area contributed by atoms with E-state index in [4.69, 9.17) is 4.74 Å². The maximum absolute atomic E-state index is 13.7. The minimum Gasteiger partial charge on any atom is -0.486 e. The molecule has 2 aromatic carbocycles. The SMILES string of the molecule is Cc1ccc(S(=O)(=O)Nc2cccc3c2O[C@H](CN(C)S(=O)(=O)c2cccs2)[C@H](C)CN([C@H](C)CO)C3=O)cc1. The Bertz CT molecular complexity index is 1560. The number of nitrogens with one attached hydrogen (secondary N) is 1. The maximum atomic E-state index is 13.7. The number of hydrogen-bond donors (Lipinski definition) is 2. The quantitative estimate of drug-likeness (QED) is 0.381. The molecule has 40 heavy (non-hydrogen) atoms. The molecule has 1 aliphatic rings. The highest BCUT2D eigenvalue weighted by Crippen LogP contribution is 2.36. The smallest absolute Gasteiger partial charge is 0.262 e. The number of fused-ring (bicyclic) bond motifs is 1. The third-order valence-electron chi connectivity index (χ3n) is 6.86. The lowest BCUT2D eigenvalue weighted by Gasteiger charge is -2.38. The molecule has 0 saturated carbocycles. The molecule has 0 saturated heterocycles. The van der Waals surface area contributed by atoms with Crippen molar-refractivity contribution in [2.75, 3.05) is 31.5 Å². The van der Waals surface area contributed by atoms with Gasteiger partial charge in [0.25, 0.3) is 26.0 Å². The Hall–Kier alpha value is -2.97. The van der Waals surface area contributed by atoms with Gasteiger partial charge in [0.05, 0.1) is 35.3 Å². The highest BCUT2D eigenvalue weighted by molar-refractivity contribution is 7.92. The number of aliphatic hydroxyl groups excluding tert-OH is 1. The molecule has 3 aromatic rings. The normalized spacial score (nSPS) is 18.9. The highest BCUT2D eigenvalue weighted by atomic mass is 32.2. The lowest BCUT2D eigenvalue weighted by molar-refractivity contribution is 0.0389. The summed E-state index contributed by atoms with van der Waals surface area (Å²) >= 11 is 1.10. The fourth-order valence-corrected chi connectivity index (χ4v) is 7.82. The molecule has 1 aliphatic heterocycles. The largest absolute Gasteiger partial charge is 0.486 e. The summed E-state index contributed by atoms with van der Waals surface area (Å²) in [6.07, 6.45) is -0.759. The summed E-state index contributed by atoms with van der Waals surface area (Å²) in [5.41, 5.74) is 1.05. The van der Waals surface area contributed by atoms with E-state index in [1.54, 1.807) is 36.6 Å². The van der Waals surface area contributed by atoms with Gasteiger partial charge in [-0.3, -0.25) is 9.52 Å². The van der Waals surface area contributed by atoms with Gasteiger partial charge < -0.3 is 14.7 Å². The zero-order valence-electron chi connectivity index (χ0n) is 22.6. The first-order valence-corrected chi connectivity index (χ1v) is 16.5. The number of aryl methyl sites for hydroxylation is 1. The number of ether oxygens (including phenoxy) is 1. The summed E-state index contributed by atoms with van der Waals surface area (Å²) in [6.45, 7) is 5.22. The molecule has 0 aliphatic carbocycles. The van der Waals surface area contributed by atoms with E-state index in [2.05, 4.69) is 4.72 Å². The average molecular weight is 608 g/mol. The van der Waals surface area contributed by atoms with Crippen molar-refractivity contribution in [1.82, 2.24) is 9.21 Å². The molecular weight excluding hydrogens is 575 g/mol. The first-order chi connectivity index (χ1) is 18.8. The van der Waals surface area contributed by atoms with Gasteiger partial charge in [0, 0.05) is 19.5 Å². The number of anilines is 1. The maximum Gasteiger partial charge on any atom is 0.262 e. The third-order valence-corrected chi connectivity index (χ3v) is 11.4. The van der Waals surface area contributed by atoms with E-state index in [0.29, 0.717) is 0 Å². The van der Waals surface area contributed by atoms with E-state index < -0.39 is 38.1 Å². The number of hydrogen-bond acceptors (Lipinski definition) is 8. The zero-order valence-corrected chi connectivity index (χ0v) is 25.1. The Balaban J connectivity index is 1.76. The molecular formula is C27H33N3O7S3. The van der Waals surface area contributed by atoms with Crippen LogP contribution in [0, 0.1) is 12.8 Å². The number of aliphatic hydroxyl groups is 1. The summed E-state index contributed by atoms with van der Waals surface area (Å²) < 4.78 is 63.1. The number of sulfonamides is 2. The van der Waals surface area contributed by atoms with Gasteiger partial charge >= 0.3 is 0 Å². The third kappa shape index (κ3) is 6.18. The Kier molecular flexibility index (Phi) is 8.90. The van der Waals surface area contributed by atoms with Crippen LogP contribution in [0.1, 0.15) is 29.8 Å². The van der Waals surface area contributed by atoms with Gasteiger partial charge in [0.15, 0.2) is 5.75 Å². The second kappa shape index (κ2) is 11.9. The molecule has 0 fully saturated rings. The summed E-state index contributed by atoms with van der Waals surface area (Å²) in [6, 6.07) is 13.5. The second-order valence-electron chi connectivity index (χ2n) is 9.94. The van der Waals surface area contributed by atoms with Crippen LogP contribution < -0.4 is 9.46 Å². The van der Waals surface area contributed by atoms with Crippen LogP contribution in [-0.4, -0.2) is 75.9 Å². The second-order valence-corrected chi connectivity index (χ2v) is 14.8. The predicted molar refractivity (Wildman–Crippen MR) is 154 cm³/mol. The van der Waals surface area contributed by atoms with Crippen molar-refractivity contribution in [3.8, 4) is 5.75 Å². The number of amides is 1. The van der Waals surface area contributed by atoms with Crippen LogP contribution in [0.2, 0.25) is 0 Å². The molecule has 13 heteroatoms. The van der Waals surface area contributed by atoms with E-state index in [1.165, 1.54) is 46.6 Å². The Morgan fingerprint density at radius 3 is 2.45 bits per heavy atom. The van der Waals surface area contributed by atoms with E-state index in [1.807, 2.05) is 13.8 Å². The van der Waals surface area contributed by atoms with Gasteiger partial charge in [0.2, 0.25) is 0 Å². The molecule has 0 unspecified atom stereocenters. The Labute approximate surface area is 239 Å². The Morgan fingerprint density at radius 1 is 1.12 bits per heavy atom. The summed E-state index contributed by atoms with van der Waals surface area (Å²) in [4.78, 5) is 15.2. The van der Waals surface area contributed by atoms with Gasteiger partial charge in [-0.15, -0.1) is 11.3 Å². The number of nitrogens with zero attached hydrogens (tertiary/aromatic N) is 2. The molecule has 0 bridgehead atoms. The first-order valence-electron chi connectivity index (χ1n) is 12.7. The number of para-hydroxylation sites is 1. The van der Waals surface area contributed by atoms with Crippen molar-refractivity contribution < 1.29 is 31.5 Å². The van der Waals surface area contributed by atoms with Crippen molar-refractivity contribution in [1.29, 1.82) is 0 Å². The average Bonchev–Trinajstić information content (AvgIpc) is 3.47. The van der Waals surface area contributed by atoms with Crippen molar-refractivity contribution in [3.63, 3.8) is 0 Å². The number of thiophene rings is 1. The molecule has 0 spiro atoms. The van der Waals surface area contributed by atoms with Crippen molar-refractivity contribution in [2.24, 2.45) is 5.92 Å². The number of likely N-dealkylation sites (N-methyl/N-ethyl adjacent to an activating group) is 1. The van der Waals surface area contributed by atoms with Gasteiger partial charge in [0.1, 0.15) is 10.3 Å². The van der Waals surface area contributed by atoms with Crippen LogP contribution in [-0.2, 0) is 20.0 Å². The molecule has 2 N–H and O–H groups in total. The predicted octanol–water partition coefficient (Wildman–Crippen LogP) is 3.40. The summed E-state index contributed by atoms with van der Waals surface area (Å²) in [7, 11) is -6.39. The van der Waals surface area contributed by atoms with Crippen LogP contribution in [0.25, 0.3) is 0 Å². The fraction of sp³-hybridized carbons (Fsp3) is 0.370. The van der Waals surface area contributed by atoms with Gasteiger partial charge in [-0.1, -0.05) is 36.8 Å². The van der Waals surface area contributed by atoms with E-state index in [0.717, 1.165) is 16.9 Å². The summed E-state index contributed by atoms with van der Waals surface area (Å²) in [5.74, 6) is -0.816. The Morgan fingerprint density at radius 2 is 1.82 bits per heavy atom. The van der Waals surface area contributed by atoms with E-state index >= 15 is 0 Å². The summed E-state index contributed by atoms with van der Waals surface area (Å²) in [5, 5.41) is 11.6. The molecule has 3 atom stereocenters. The number of rotatable bonds is 9. The molecule has 4 rings (SSSR count). The molecule has 0 radical (unpaired) electrons. The van der Waals surface area contributed by atoms with Gasteiger partial charge in [-0.05, 0) is 49.6 Å². The number of benzene rings is 2. The number of carbonyl (C=O) groups is 1. The molecule has 10 nitrogen and oxygen atoms in total. The molecule has 1 aromatic heterocycles.